The van der Waals surface area contributed by atoms with Gasteiger partial charge < -0.3 is 9.73 Å². The molecule has 0 saturated carbocycles. The van der Waals surface area contributed by atoms with Gasteiger partial charge in [0.25, 0.3) is 5.22 Å². The van der Waals surface area contributed by atoms with Crippen molar-refractivity contribution < 1.29 is 9.21 Å². The number of carbonyl (C=O) groups excluding carboxylic acids is 1. The van der Waals surface area contributed by atoms with Crippen molar-refractivity contribution in [3.8, 4) is 11.5 Å². The van der Waals surface area contributed by atoms with Crippen molar-refractivity contribution in [2.45, 2.75) is 56.4 Å². The number of rotatable bonds is 7. The van der Waals surface area contributed by atoms with Crippen molar-refractivity contribution in [1.82, 2.24) is 15.5 Å². The van der Waals surface area contributed by atoms with Crippen LogP contribution in [0.3, 0.4) is 0 Å². The summed E-state index contributed by atoms with van der Waals surface area (Å²) in [5.41, 5.74) is 3.49. The number of hydrogen-bond acceptors (Lipinski definition) is 5. The average Bonchev–Trinajstić information content (AvgIpc) is 3.11. The zero-order valence-electron chi connectivity index (χ0n) is 15.3. The van der Waals surface area contributed by atoms with Gasteiger partial charge in [0.1, 0.15) is 0 Å². The van der Waals surface area contributed by atoms with Crippen LogP contribution in [-0.4, -0.2) is 27.9 Å². The SMILES string of the molecule is Cc1cccc(-c2nnc(S[C@@H](C)C(=O)NCCC3=CCCCC3)o2)c1. The third-order valence-electron chi connectivity index (χ3n) is 4.45. The number of amides is 1. The summed E-state index contributed by atoms with van der Waals surface area (Å²) in [6, 6.07) is 7.91. The van der Waals surface area contributed by atoms with Crippen LogP contribution in [0.2, 0.25) is 0 Å². The number of benzene rings is 1. The van der Waals surface area contributed by atoms with Gasteiger partial charge in [-0.15, -0.1) is 10.2 Å². The van der Waals surface area contributed by atoms with Crippen molar-refractivity contribution in [2.75, 3.05) is 6.54 Å². The highest BCUT2D eigenvalue weighted by Crippen LogP contribution is 2.26. The quantitative estimate of drug-likeness (QED) is 0.572. The molecule has 0 radical (unpaired) electrons. The van der Waals surface area contributed by atoms with Crippen LogP contribution in [-0.2, 0) is 4.79 Å². The van der Waals surface area contributed by atoms with E-state index in [9.17, 15) is 4.79 Å². The highest BCUT2D eigenvalue weighted by molar-refractivity contribution is 8.00. The molecule has 2 aromatic rings. The molecule has 0 saturated heterocycles. The topological polar surface area (TPSA) is 68.0 Å². The van der Waals surface area contributed by atoms with Crippen LogP contribution >= 0.6 is 11.8 Å². The summed E-state index contributed by atoms with van der Waals surface area (Å²) in [7, 11) is 0. The van der Waals surface area contributed by atoms with Crippen LogP contribution in [0.1, 0.15) is 44.6 Å². The van der Waals surface area contributed by atoms with Crippen LogP contribution in [0, 0.1) is 6.92 Å². The Morgan fingerprint density at radius 1 is 1.35 bits per heavy atom. The molecule has 138 valence electrons. The van der Waals surface area contributed by atoms with E-state index in [1.807, 2.05) is 38.1 Å². The maximum absolute atomic E-state index is 12.3. The van der Waals surface area contributed by atoms with Gasteiger partial charge in [-0.3, -0.25) is 4.79 Å². The third-order valence-corrected chi connectivity index (χ3v) is 5.38. The van der Waals surface area contributed by atoms with Gasteiger partial charge >= 0.3 is 0 Å². The van der Waals surface area contributed by atoms with E-state index >= 15 is 0 Å². The minimum Gasteiger partial charge on any atom is -0.411 e. The Morgan fingerprint density at radius 3 is 3.00 bits per heavy atom. The number of carbonyl (C=O) groups is 1. The maximum Gasteiger partial charge on any atom is 0.277 e. The molecule has 3 rings (SSSR count). The second-order valence-corrected chi connectivity index (χ2v) is 7.94. The first-order chi connectivity index (χ1) is 12.6. The average molecular weight is 372 g/mol. The summed E-state index contributed by atoms with van der Waals surface area (Å²) < 4.78 is 5.70. The molecule has 1 amide bonds. The monoisotopic (exact) mass is 371 g/mol. The molecule has 1 aliphatic rings. The van der Waals surface area contributed by atoms with E-state index in [0.29, 0.717) is 17.7 Å². The van der Waals surface area contributed by atoms with Gasteiger partial charge in [0.2, 0.25) is 11.8 Å². The second-order valence-electron chi connectivity index (χ2n) is 6.65. The van der Waals surface area contributed by atoms with Crippen LogP contribution in [0.4, 0.5) is 0 Å². The summed E-state index contributed by atoms with van der Waals surface area (Å²) in [4.78, 5) is 12.3. The number of allylic oxidation sites excluding steroid dienone is 1. The lowest BCUT2D eigenvalue weighted by atomic mass is 9.97. The molecule has 6 heteroatoms. The Bertz CT molecular complexity index is 785. The lowest BCUT2D eigenvalue weighted by molar-refractivity contribution is -0.120. The Morgan fingerprint density at radius 2 is 2.23 bits per heavy atom. The lowest BCUT2D eigenvalue weighted by Crippen LogP contribution is -2.31. The van der Waals surface area contributed by atoms with E-state index in [1.165, 1.54) is 43.0 Å². The number of hydrogen-bond donors (Lipinski definition) is 1. The normalized spacial score (nSPS) is 15.4. The van der Waals surface area contributed by atoms with Gasteiger partial charge in [-0.2, -0.15) is 0 Å². The first kappa shape index (κ1) is 18.7. The largest absolute Gasteiger partial charge is 0.411 e. The van der Waals surface area contributed by atoms with Gasteiger partial charge in [-0.25, -0.2) is 0 Å². The fourth-order valence-electron chi connectivity index (χ4n) is 2.98. The number of aromatic nitrogens is 2. The van der Waals surface area contributed by atoms with Gasteiger partial charge in [0.05, 0.1) is 5.25 Å². The van der Waals surface area contributed by atoms with Crippen LogP contribution in [0.15, 0.2) is 45.6 Å². The Balaban J connectivity index is 1.49. The summed E-state index contributed by atoms with van der Waals surface area (Å²) in [5, 5.41) is 11.3. The zero-order chi connectivity index (χ0) is 18.4. The predicted molar refractivity (Wildman–Crippen MR) is 104 cm³/mol. The molecule has 26 heavy (non-hydrogen) atoms. The van der Waals surface area contributed by atoms with Gasteiger partial charge in [0.15, 0.2) is 0 Å². The Labute approximate surface area is 158 Å². The van der Waals surface area contributed by atoms with Crippen molar-refractivity contribution in [3.05, 3.63) is 41.5 Å². The lowest BCUT2D eigenvalue weighted by Gasteiger charge is -2.14. The molecule has 0 fully saturated rings. The molecular weight excluding hydrogens is 346 g/mol. The predicted octanol–water partition coefficient (Wildman–Crippen LogP) is 4.53. The molecule has 1 atom stereocenters. The smallest absolute Gasteiger partial charge is 0.277 e. The third kappa shape index (κ3) is 5.21. The zero-order valence-corrected chi connectivity index (χ0v) is 16.1. The summed E-state index contributed by atoms with van der Waals surface area (Å²) >= 11 is 1.29. The molecule has 0 spiro atoms. The van der Waals surface area contributed by atoms with Crippen molar-refractivity contribution in [2.24, 2.45) is 0 Å². The van der Waals surface area contributed by atoms with E-state index in [-0.39, 0.29) is 11.2 Å². The van der Waals surface area contributed by atoms with Crippen molar-refractivity contribution >= 4 is 17.7 Å². The van der Waals surface area contributed by atoms with Gasteiger partial charge in [0, 0.05) is 12.1 Å². The van der Waals surface area contributed by atoms with E-state index in [2.05, 4.69) is 21.6 Å². The van der Waals surface area contributed by atoms with Crippen LogP contribution in [0.25, 0.3) is 11.5 Å². The Hall–Kier alpha value is -2.08. The van der Waals surface area contributed by atoms with Crippen molar-refractivity contribution in [1.29, 1.82) is 0 Å². The maximum atomic E-state index is 12.3. The van der Waals surface area contributed by atoms with Gasteiger partial charge in [-0.05, 0) is 58.1 Å². The molecule has 5 nitrogen and oxygen atoms in total. The minimum absolute atomic E-state index is 0.00159. The summed E-state index contributed by atoms with van der Waals surface area (Å²) in [5.74, 6) is 0.481. The number of nitrogens with one attached hydrogen (secondary N) is 1. The van der Waals surface area contributed by atoms with E-state index in [1.54, 1.807) is 0 Å². The second kappa shape index (κ2) is 9.03. The molecule has 1 N–H and O–H groups in total. The molecule has 1 aromatic heterocycles. The molecule has 0 unspecified atom stereocenters. The standard InChI is InChI=1S/C20H25N3O2S/c1-14-7-6-10-17(13-14)19-22-23-20(25-19)26-15(2)18(24)21-12-11-16-8-4-3-5-9-16/h6-8,10,13,15H,3-5,9,11-12H2,1-2H3,(H,21,24)/t15-/m0/s1. The molecule has 1 aromatic carbocycles. The summed E-state index contributed by atoms with van der Waals surface area (Å²) in [6.45, 7) is 4.57. The van der Waals surface area contributed by atoms with Crippen LogP contribution in [0.5, 0.6) is 0 Å². The number of nitrogens with zero attached hydrogens (tertiary/aromatic N) is 2. The van der Waals surface area contributed by atoms with E-state index in [4.69, 9.17) is 4.42 Å². The first-order valence-electron chi connectivity index (χ1n) is 9.14. The summed E-state index contributed by atoms with van der Waals surface area (Å²) in [6.07, 6.45) is 8.17. The minimum atomic E-state index is -0.277. The molecule has 1 heterocycles. The highest BCUT2D eigenvalue weighted by atomic mass is 32.2. The highest BCUT2D eigenvalue weighted by Gasteiger charge is 2.18. The first-order valence-corrected chi connectivity index (χ1v) is 10.0. The molecular formula is C20H25N3O2S. The number of aryl methyl sites for hydroxylation is 1. The number of thioether (sulfide) groups is 1. The Kier molecular flexibility index (Phi) is 6.50. The van der Waals surface area contributed by atoms with E-state index in [0.717, 1.165) is 17.5 Å². The van der Waals surface area contributed by atoms with Gasteiger partial charge in [-0.1, -0.05) is 41.1 Å². The molecule has 0 bridgehead atoms. The van der Waals surface area contributed by atoms with E-state index < -0.39 is 0 Å². The molecule has 1 aliphatic carbocycles. The van der Waals surface area contributed by atoms with Crippen molar-refractivity contribution in [3.63, 3.8) is 0 Å². The molecule has 0 aliphatic heterocycles. The fraction of sp³-hybridized carbons (Fsp3) is 0.450. The fourth-order valence-corrected chi connectivity index (χ4v) is 3.69. The van der Waals surface area contributed by atoms with Crippen LogP contribution < -0.4 is 5.32 Å².